The highest BCUT2D eigenvalue weighted by atomic mass is 32.1. The van der Waals surface area contributed by atoms with Crippen LogP contribution >= 0.6 is 11.3 Å². The summed E-state index contributed by atoms with van der Waals surface area (Å²) in [5.74, 6) is 0.247. The van der Waals surface area contributed by atoms with E-state index >= 15 is 0 Å². The van der Waals surface area contributed by atoms with Gasteiger partial charge < -0.3 is 9.72 Å². The molecule has 3 rings (SSSR count). The maximum Gasteiger partial charge on any atom is 0.263 e. The first-order chi connectivity index (χ1) is 10.6. The zero-order valence-electron chi connectivity index (χ0n) is 12.0. The maximum atomic E-state index is 12.2. The molecule has 2 aromatic heterocycles. The van der Waals surface area contributed by atoms with Crippen LogP contribution in [-0.4, -0.2) is 23.0 Å². The van der Waals surface area contributed by atoms with Crippen LogP contribution in [0.5, 0.6) is 5.75 Å². The molecule has 6 nitrogen and oxygen atoms in total. The van der Waals surface area contributed by atoms with Crippen LogP contribution in [0.1, 0.15) is 16.1 Å². The molecule has 112 valence electrons. The van der Waals surface area contributed by atoms with Crippen LogP contribution in [0.25, 0.3) is 10.2 Å². The average Bonchev–Trinajstić information content (AvgIpc) is 2.87. The van der Waals surface area contributed by atoms with Gasteiger partial charge in [0.2, 0.25) is 0 Å². The quantitative estimate of drug-likeness (QED) is 0.778. The molecule has 1 amide bonds. The number of thiazole rings is 1. The molecule has 0 saturated carbocycles. The van der Waals surface area contributed by atoms with Gasteiger partial charge in [0.1, 0.15) is 11.3 Å². The number of nitrogens with zero attached hydrogens (tertiary/aromatic N) is 1. The Hall–Kier alpha value is -2.67. The van der Waals surface area contributed by atoms with Crippen molar-refractivity contribution in [3.05, 3.63) is 51.9 Å². The Morgan fingerprint density at radius 1 is 1.32 bits per heavy atom. The highest BCUT2D eigenvalue weighted by molar-refractivity contribution is 7.22. The molecule has 2 heterocycles. The first-order valence-corrected chi connectivity index (χ1v) is 7.34. The van der Waals surface area contributed by atoms with E-state index in [4.69, 9.17) is 4.74 Å². The predicted octanol–water partition coefficient (Wildman–Crippen LogP) is 2.55. The monoisotopic (exact) mass is 315 g/mol. The number of ether oxygens (including phenoxy) is 1. The van der Waals surface area contributed by atoms with E-state index in [1.807, 2.05) is 12.1 Å². The molecule has 0 aliphatic heterocycles. The summed E-state index contributed by atoms with van der Waals surface area (Å²) in [6.07, 6.45) is 0. The van der Waals surface area contributed by atoms with Gasteiger partial charge in [-0.2, -0.15) is 0 Å². The molecule has 22 heavy (non-hydrogen) atoms. The molecule has 3 aromatic rings. The second kappa shape index (κ2) is 5.61. The Morgan fingerprint density at radius 3 is 2.86 bits per heavy atom. The fourth-order valence-corrected chi connectivity index (χ4v) is 2.89. The van der Waals surface area contributed by atoms with Gasteiger partial charge in [-0.3, -0.25) is 14.9 Å². The number of hydrogen-bond acceptors (Lipinski definition) is 5. The minimum absolute atomic E-state index is 0.0578. The van der Waals surface area contributed by atoms with Crippen molar-refractivity contribution < 1.29 is 9.53 Å². The van der Waals surface area contributed by atoms with Gasteiger partial charge in [0.15, 0.2) is 5.13 Å². The van der Waals surface area contributed by atoms with Crippen molar-refractivity contribution in [3.63, 3.8) is 0 Å². The predicted molar refractivity (Wildman–Crippen MR) is 85.9 cm³/mol. The third-order valence-electron chi connectivity index (χ3n) is 3.12. The fourth-order valence-electron chi connectivity index (χ4n) is 2.00. The highest BCUT2D eigenvalue weighted by Crippen LogP contribution is 2.29. The van der Waals surface area contributed by atoms with Gasteiger partial charge in [-0.15, -0.1) is 0 Å². The summed E-state index contributed by atoms with van der Waals surface area (Å²) in [4.78, 5) is 30.9. The molecule has 0 aliphatic rings. The van der Waals surface area contributed by atoms with Gasteiger partial charge in [0, 0.05) is 5.69 Å². The van der Waals surface area contributed by atoms with Crippen molar-refractivity contribution in [1.29, 1.82) is 0 Å². The highest BCUT2D eigenvalue weighted by Gasteiger charge is 2.13. The molecule has 2 N–H and O–H groups in total. The summed E-state index contributed by atoms with van der Waals surface area (Å²) >= 11 is 1.32. The van der Waals surface area contributed by atoms with Crippen molar-refractivity contribution in [2.24, 2.45) is 0 Å². The number of aromatic amines is 1. The number of amides is 1. The second-order valence-corrected chi connectivity index (χ2v) is 5.72. The van der Waals surface area contributed by atoms with Crippen LogP contribution in [0, 0.1) is 6.92 Å². The van der Waals surface area contributed by atoms with E-state index in [0.29, 0.717) is 10.8 Å². The van der Waals surface area contributed by atoms with E-state index in [2.05, 4.69) is 15.3 Å². The van der Waals surface area contributed by atoms with Crippen LogP contribution in [0.15, 0.2) is 35.1 Å². The molecule has 0 radical (unpaired) electrons. The summed E-state index contributed by atoms with van der Waals surface area (Å²) in [5.41, 5.74) is 1.11. The number of hydrogen-bond donors (Lipinski definition) is 2. The number of carbonyl (C=O) groups is 1. The second-order valence-electron chi connectivity index (χ2n) is 4.69. The lowest BCUT2D eigenvalue weighted by Crippen LogP contribution is -2.23. The maximum absolute atomic E-state index is 12.2. The lowest BCUT2D eigenvalue weighted by molar-refractivity contribution is 0.102. The number of H-pyrrole nitrogens is 1. The zero-order chi connectivity index (χ0) is 15.7. The van der Waals surface area contributed by atoms with Gasteiger partial charge in [-0.25, -0.2) is 4.98 Å². The fraction of sp³-hybridized carbons (Fsp3) is 0.133. The molecule has 0 unspecified atom stereocenters. The largest absolute Gasteiger partial charge is 0.497 e. The van der Waals surface area contributed by atoms with E-state index in [1.165, 1.54) is 17.4 Å². The minimum Gasteiger partial charge on any atom is -0.497 e. The Labute approximate surface area is 129 Å². The Morgan fingerprint density at radius 2 is 2.14 bits per heavy atom. The summed E-state index contributed by atoms with van der Waals surface area (Å²) in [5, 5.41) is 3.09. The molecule has 0 fully saturated rings. The standard InChI is InChI=1S/C15H13N3O3S/c1-8-3-5-10(13(19)16-8)14(20)18-15-17-11-6-4-9(21-2)7-12(11)22-15/h3-7H,1-2H3,(H,16,19)(H,17,18,20). The summed E-state index contributed by atoms with van der Waals surface area (Å²) in [6.45, 7) is 1.75. The van der Waals surface area contributed by atoms with Crippen LogP contribution in [-0.2, 0) is 0 Å². The van der Waals surface area contributed by atoms with E-state index in [0.717, 1.165) is 16.0 Å². The number of nitrogens with one attached hydrogen (secondary N) is 2. The van der Waals surface area contributed by atoms with E-state index in [9.17, 15) is 9.59 Å². The molecule has 0 aliphatic carbocycles. The molecular weight excluding hydrogens is 302 g/mol. The van der Waals surface area contributed by atoms with Gasteiger partial charge in [0.25, 0.3) is 11.5 Å². The number of rotatable bonds is 3. The van der Waals surface area contributed by atoms with E-state index in [1.54, 1.807) is 26.2 Å². The van der Waals surface area contributed by atoms with Crippen LogP contribution in [0.2, 0.25) is 0 Å². The summed E-state index contributed by atoms with van der Waals surface area (Å²) < 4.78 is 6.05. The number of benzene rings is 1. The van der Waals surface area contributed by atoms with Crippen LogP contribution in [0.3, 0.4) is 0 Å². The number of aromatic nitrogens is 2. The number of carbonyl (C=O) groups excluding carboxylic acids is 1. The van der Waals surface area contributed by atoms with Gasteiger partial charge in [-0.05, 0) is 37.3 Å². The van der Waals surface area contributed by atoms with Crippen molar-refractivity contribution in [2.45, 2.75) is 6.92 Å². The molecule has 0 saturated heterocycles. The SMILES string of the molecule is COc1ccc2nc(NC(=O)c3ccc(C)[nH]c3=O)sc2c1. The van der Waals surface area contributed by atoms with Gasteiger partial charge >= 0.3 is 0 Å². The van der Waals surface area contributed by atoms with E-state index < -0.39 is 11.5 Å². The molecule has 0 atom stereocenters. The van der Waals surface area contributed by atoms with Crippen molar-refractivity contribution in [2.75, 3.05) is 12.4 Å². The van der Waals surface area contributed by atoms with Gasteiger partial charge in [0.05, 0.1) is 17.3 Å². The normalized spacial score (nSPS) is 10.6. The molecule has 7 heteroatoms. The van der Waals surface area contributed by atoms with Crippen LogP contribution < -0.4 is 15.6 Å². The molecule has 0 spiro atoms. The van der Waals surface area contributed by atoms with E-state index in [-0.39, 0.29) is 5.56 Å². The molecular formula is C15H13N3O3S. The lowest BCUT2D eigenvalue weighted by Gasteiger charge is -2.01. The first kappa shape index (κ1) is 14.3. The third-order valence-corrected chi connectivity index (χ3v) is 4.05. The number of fused-ring (bicyclic) bond motifs is 1. The van der Waals surface area contributed by atoms with Crippen molar-refractivity contribution in [3.8, 4) is 5.75 Å². The smallest absolute Gasteiger partial charge is 0.263 e. The Kier molecular flexibility index (Phi) is 3.64. The minimum atomic E-state index is -0.479. The topological polar surface area (TPSA) is 84.1 Å². The average molecular weight is 315 g/mol. The summed E-state index contributed by atoms with van der Waals surface area (Å²) in [7, 11) is 1.59. The molecule has 0 bridgehead atoms. The Balaban J connectivity index is 1.89. The van der Waals surface area contributed by atoms with Gasteiger partial charge in [-0.1, -0.05) is 11.3 Å². The number of aryl methyl sites for hydroxylation is 1. The third kappa shape index (κ3) is 2.71. The number of pyridine rings is 1. The number of methoxy groups -OCH3 is 1. The van der Waals surface area contributed by atoms with Crippen molar-refractivity contribution in [1.82, 2.24) is 9.97 Å². The number of anilines is 1. The zero-order valence-corrected chi connectivity index (χ0v) is 12.8. The van der Waals surface area contributed by atoms with Crippen molar-refractivity contribution >= 4 is 32.6 Å². The first-order valence-electron chi connectivity index (χ1n) is 6.52. The summed E-state index contributed by atoms with van der Waals surface area (Å²) in [6, 6.07) is 8.65. The Bertz CT molecular complexity index is 914. The van der Waals surface area contributed by atoms with Crippen LogP contribution in [0.4, 0.5) is 5.13 Å². The lowest BCUT2D eigenvalue weighted by atomic mass is 10.2. The molecule has 1 aromatic carbocycles.